The highest BCUT2D eigenvalue weighted by Crippen LogP contribution is 2.12. The molecule has 0 aromatic heterocycles. The SMILES string of the molecule is CCOC(=O)N1CCN(C(=NCc2ccc(OC)cc2)NCC(=O)N(C)C)CC1.I. The van der Waals surface area contributed by atoms with Crippen molar-refractivity contribution < 1.29 is 19.1 Å². The molecular formula is C20H32IN5O4. The van der Waals surface area contributed by atoms with Crippen molar-refractivity contribution in [3.8, 4) is 5.75 Å². The first-order chi connectivity index (χ1) is 13.9. The molecule has 2 amide bonds. The number of nitrogens with zero attached hydrogens (tertiary/aromatic N) is 4. The van der Waals surface area contributed by atoms with Crippen LogP contribution < -0.4 is 10.1 Å². The van der Waals surface area contributed by atoms with Crippen LogP contribution in [0.15, 0.2) is 29.3 Å². The minimum Gasteiger partial charge on any atom is -0.497 e. The van der Waals surface area contributed by atoms with Crippen molar-refractivity contribution in [2.75, 3.05) is 60.5 Å². The lowest BCUT2D eigenvalue weighted by atomic mass is 10.2. The van der Waals surface area contributed by atoms with Crippen molar-refractivity contribution in [3.63, 3.8) is 0 Å². The molecule has 0 radical (unpaired) electrons. The Hall–Kier alpha value is -2.24. The number of methoxy groups -OCH3 is 1. The molecular weight excluding hydrogens is 501 g/mol. The van der Waals surface area contributed by atoms with Crippen LogP contribution in [0.1, 0.15) is 12.5 Å². The number of hydrogen-bond acceptors (Lipinski definition) is 5. The molecule has 1 saturated heterocycles. The molecule has 2 rings (SSSR count). The molecule has 168 valence electrons. The van der Waals surface area contributed by atoms with E-state index in [1.165, 1.54) is 4.90 Å². The third-order valence-electron chi connectivity index (χ3n) is 4.57. The van der Waals surface area contributed by atoms with Gasteiger partial charge in [-0.15, -0.1) is 24.0 Å². The summed E-state index contributed by atoms with van der Waals surface area (Å²) < 4.78 is 10.3. The Balaban J connectivity index is 0.00000450. The minimum absolute atomic E-state index is 0. The number of benzene rings is 1. The van der Waals surface area contributed by atoms with E-state index in [1.807, 2.05) is 24.3 Å². The quantitative estimate of drug-likeness (QED) is 0.340. The molecule has 1 aromatic carbocycles. The van der Waals surface area contributed by atoms with Crippen LogP contribution in [-0.2, 0) is 16.1 Å². The number of piperazine rings is 1. The maximum absolute atomic E-state index is 12.0. The first-order valence-corrected chi connectivity index (χ1v) is 9.72. The fourth-order valence-electron chi connectivity index (χ4n) is 2.79. The highest BCUT2D eigenvalue weighted by molar-refractivity contribution is 14.0. The fraction of sp³-hybridized carbons (Fsp3) is 0.550. The number of guanidine groups is 1. The summed E-state index contributed by atoms with van der Waals surface area (Å²) in [5, 5.41) is 3.16. The van der Waals surface area contributed by atoms with Gasteiger partial charge in [0.15, 0.2) is 5.96 Å². The summed E-state index contributed by atoms with van der Waals surface area (Å²) in [6.07, 6.45) is -0.292. The van der Waals surface area contributed by atoms with Crippen molar-refractivity contribution in [2.24, 2.45) is 4.99 Å². The van der Waals surface area contributed by atoms with Crippen LogP contribution in [0.3, 0.4) is 0 Å². The van der Waals surface area contributed by atoms with Crippen molar-refractivity contribution in [3.05, 3.63) is 29.8 Å². The predicted octanol–water partition coefficient (Wildman–Crippen LogP) is 1.62. The molecule has 1 heterocycles. The van der Waals surface area contributed by atoms with Gasteiger partial charge in [0.25, 0.3) is 0 Å². The maximum atomic E-state index is 12.0. The summed E-state index contributed by atoms with van der Waals surface area (Å²) in [5.74, 6) is 1.41. The van der Waals surface area contributed by atoms with E-state index >= 15 is 0 Å². The molecule has 0 spiro atoms. The van der Waals surface area contributed by atoms with Crippen LogP contribution in [0.25, 0.3) is 0 Å². The zero-order chi connectivity index (χ0) is 21.2. The lowest BCUT2D eigenvalue weighted by molar-refractivity contribution is -0.127. The van der Waals surface area contributed by atoms with Gasteiger partial charge in [-0.25, -0.2) is 9.79 Å². The van der Waals surface area contributed by atoms with E-state index in [9.17, 15) is 9.59 Å². The third kappa shape index (κ3) is 7.88. The van der Waals surface area contributed by atoms with Gasteiger partial charge in [0.2, 0.25) is 5.91 Å². The smallest absolute Gasteiger partial charge is 0.409 e. The Morgan fingerprint density at radius 2 is 1.70 bits per heavy atom. The fourth-order valence-corrected chi connectivity index (χ4v) is 2.79. The van der Waals surface area contributed by atoms with E-state index in [2.05, 4.69) is 10.2 Å². The van der Waals surface area contributed by atoms with Gasteiger partial charge < -0.3 is 29.5 Å². The lowest BCUT2D eigenvalue weighted by Gasteiger charge is -2.36. The highest BCUT2D eigenvalue weighted by Gasteiger charge is 2.24. The van der Waals surface area contributed by atoms with Crippen molar-refractivity contribution in [1.82, 2.24) is 20.0 Å². The molecule has 0 atom stereocenters. The van der Waals surface area contributed by atoms with Gasteiger partial charge >= 0.3 is 6.09 Å². The standard InChI is InChI=1S/C20H31N5O4.HI/c1-5-29-20(27)25-12-10-24(11-13-25)19(22-15-18(26)23(2)3)21-14-16-6-8-17(28-4)9-7-16;/h6-9H,5,10-15H2,1-4H3,(H,21,22);1H. The topological polar surface area (TPSA) is 86.7 Å². The van der Waals surface area contributed by atoms with Gasteiger partial charge in [0.1, 0.15) is 5.75 Å². The summed E-state index contributed by atoms with van der Waals surface area (Å²) in [4.78, 5) is 33.9. The number of carbonyl (C=O) groups excluding carboxylic acids is 2. The van der Waals surface area contributed by atoms with Crippen LogP contribution in [0.2, 0.25) is 0 Å². The first kappa shape index (κ1) is 25.8. The van der Waals surface area contributed by atoms with Crippen molar-refractivity contribution in [1.29, 1.82) is 0 Å². The Kier molecular flexibility index (Phi) is 11.3. The number of halogens is 1. The molecule has 1 fully saturated rings. The Morgan fingerprint density at radius 3 is 2.23 bits per heavy atom. The second-order valence-corrected chi connectivity index (χ2v) is 6.80. The largest absolute Gasteiger partial charge is 0.497 e. The van der Waals surface area contributed by atoms with Crippen LogP contribution in [0, 0.1) is 0 Å². The minimum atomic E-state index is -0.292. The van der Waals surface area contributed by atoms with E-state index in [4.69, 9.17) is 14.5 Å². The predicted molar refractivity (Wildman–Crippen MR) is 126 cm³/mol. The van der Waals surface area contributed by atoms with Gasteiger partial charge in [-0.05, 0) is 24.6 Å². The molecule has 0 unspecified atom stereocenters. The van der Waals surface area contributed by atoms with Gasteiger partial charge in [-0.3, -0.25) is 4.79 Å². The van der Waals surface area contributed by atoms with E-state index in [0.29, 0.717) is 45.3 Å². The third-order valence-corrected chi connectivity index (χ3v) is 4.57. The van der Waals surface area contributed by atoms with E-state index in [1.54, 1.807) is 33.0 Å². The monoisotopic (exact) mass is 533 g/mol. The zero-order valence-electron chi connectivity index (χ0n) is 18.1. The number of nitrogens with one attached hydrogen (secondary N) is 1. The molecule has 1 N–H and O–H groups in total. The normalized spacial score (nSPS) is 13.9. The molecule has 1 aliphatic heterocycles. The number of hydrogen-bond donors (Lipinski definition) is 1. The Labute approximate surface area is 195 Å². The lowest BCUT2D eigenvalue weighted by Crippen LogP contribution is -2.54. The second-order valence-electron chi connectivity index (χ2n) is 6.80. The summed E-state index contributed by atoms with van der Waals surface area (Å²) >= 11 is 0. The number of likely N-dealkylation sites (N-methyl/N-ethyl adjacent to an activating group) is 1. The zero-order valence-corrected chi connectivity index (χ0v) is 20.4. The number of ether oxygens (including phenoxy) is 2. The van der Waals surface area contributed by atoms with Crippen LogP contribution in [-0.4, -0.2) is 93.2 Å². The molecule has 0 saturated carbocycles. The molecule has 10 heteroatoms. The summed E-state index contributed by atoms with van der Waals surface area (Å²) in [5.41, 5.74) is 1.04. The van der Waals surface area contributed by atoms with Gasteiger partial charge in [0.05, 0.1) is 26.8 Å². The average Bonchev–Trinajstić information content (AvgIpc) is 2.74. The summed E-state index contributed by atoms with van der Waals surface area (Å²) in [6.45, 7) is 5.11. The van der Waals surface area contributed by atoms with Crippen molar-refractivity contribution in [2.45, 2.75) is 13.5 Å². The Morgan fingerprint density at radius 1 is 1.10 bits per heavy atom. The van der Waals surface area contributed by atoms with Crippen LogP contribution >= 0.6 is 24.0 Å². The van der Waals surface area contributed by atoms with Crippen molar-refractivity contribution >= 4 is 41.9 Å². The summed E-state index contributed by atoms with van der Waals surface area (Å²) in [7, 11) is 5.07. The van der Waals surface area contributed by atoms with Gasteiger partial charge in [0, 0.05) is 40.3 Å². The number of carbonyl (C=O) groups is 2. The molecule has 1 aliphatic rings. The van der Waals surface area contributed by atoms with Gasteiger partial charge in [-0.2, -0.15) is 0 Å². The van der Waals surface area contributed by atoms with E-state index < -0.39 is 0 Å². The van der Waals surface area contributed by atoms with E-state index in [0.717, 1.165) is 11.3 Å². The molecule has 1 aromatic rings. The van der Waals surface area contributed by atoms with E-state index in [-0.39, 0.29) is 42.5 Å². The molecule has 0 bridgehead atoms. The van der Waals surface area contributed by atoms with Crippen LogP contribution in [0.4, 0.5) is 4.79 Å². The second kappa shape index (κ2) is 13.1. The molecule has 0 aliphatic carbocycles. The summed E-state index contributed by atoms with van der Waals surface area (Å²) in [6, 6.07) is 7.71. The average molecular weight is 533 g/mol. The Bertz CT molecular complexity index is 704. The van der Waals surface area contributed by atoms with Crippen LogP contribution in [0.5, 0.6) is 5.75 Å². The first-order valence-electron chi connectivity index (χ1n) is 9.72. The molecule has 30 heavy (non-hydrogen) atoms. The highest BCUT2D eigenvalue weighted by atomic mass is 127. The number of amides is 2. The number of aliphatic imine (C=N–C) groups is 1. The molecule has 9 nitrogen and oxygen atoms in total. The number of rotatable bonds is 6. The van der Waals surface area contributed by atoms with Gasteiger partial charge in [-0.1, -0.05) is 12.1 Å². The maximum Gasteiger partial charge on any atom is 0.409 e.